The molecule has 1 unspecified atom stereocenters. The topological polar surface area (TPSA) is 21.8 Å². The van der Waals surface area contributed by atoms with Gasteiger partial charge in [0.25, 0.3) is 5.12 Å². The molecule has 0 bridgehead atoms. The number of unbranched alkanes of at least 4 members (excludes halogenated alkanes) is 2. The monoisotopic (exact) mass is 236 g/mol. The van der Waals surface area contributed by atoms with Crippen LogP contribution >= 0.6 is 24.7 Å². The third kappa shape index (κ3) is 4.91. The van der Waals surface area contributed by atoms with Gasteiger partial charge in [-0.15, -0.1) is 0 Å². The predicted molar refractivity (Wildman–Crippen MR) is 64.5 cm³/mol. The van der Waals surface area contributed by atoms with E-state index in [0.29, 0.717) is 5.75 Å². The fourth-order valence-corrected chi connectivity index (χ4v) is 2.04. The number of thiol groups is 1. The normalized spacial score (nSPS) is 25.7. The molecule has 84 valence electrons. The van der Waals surface area contributed by atoms with E-state index in [1.54, 1.807) is 0 Å². The van der Waals surface area contributed by atoms with Gasteiger partial charge in [0.1, 0.15) is 0 Å². The highest BCUT2D eigenvalue weighted by atomic mass is 32.2. The summed E-state index contributed by atoms with van der Waals surface area (Å²) in [5.74, 6) is 1.46. The van der Waals surface area contributed by atoms with Gasteiger partial charge in [0.15, 0.2) is 0 Å². The summed E-state index contributed by atoms with van der Waals surface area (Å²) in [5.41, 5.74) is 0. The van der Waals surface area contributed by atoms with E-state index in [1.807, 2.05) is 0 Å². The van der Waals surface area contributed by atoms with Gasteiger partial charge in [-0.3, -0.25) is 4.18 Å². The van der Waals surface area contributed by atoms with Crippen molar-refractivity contribution in [1.29, 1.82) is 0 Å². The van der Waals surface area contributed by atoms with Gasteiger partial charge in [-0.25, -0.2) is 0 Å². The Bertz CT molecular complexity index is 158. The minimum Gasteiger partial charge on any atom is -0.338 e. The molecule has 0 saturated carbocycles. The SMILES string of the molecule is CC(C)CCCCCOC1(CS)OS1. The Hall–Kier alpha value is 0.620. The molecule has 0 radical (unpaired) electrons. The summed E-state index contributed by atoms with van der Waals surface area (Å²) in [6.07, 6.45) is 5.02. The molecule has 0 amide bonds. The molecule has 0 aromatic heterocycles. The van der Waals surface area contributed by atoms with E-state index in [4.69, 9.17) is 8.92 Å². The minimum absolute atomic E-state index is 0.388. The van der Waals surface area contributed by atoms with Crippen molar-refractivity contribution in [3.63, 3.8) is 0 Å². The first-order valence-electron chi connectivity index (χ1n) is 5.30. The zero-order valence-corrected chi connectivity index (χ0v) is 10.7. The summed E-state index contributed by atoms with van der Waals surface area (Å²) >= 11 is 5.55. The van der Waals surface area contributed by atoms with Crippen molar-refractivity contribution in [1.82, 2.24) is 0 Å². The van der Waals surface area contributed by atoms with E-state index in [0.717, 1.165) is 18.9 Å². The molecule has 0 aromatic carbocycles. The molecule has 0 aromatic rings. The number of ether oxygens (including phenoxy) is 1. The summed E-state index contributed by atoms with van der Waals surface area (Å²) < 4.78 is 10.7. The van der Waals surface area contributed by atoms with Crippen molar-refractivity contribution in [2.24, 2.45) is 5.92 Å². The summed E-state index contributed by atoms with van der Waals surface area (Å²) in [6.45, 7) is 5.33. The average Bonchev–Trinajstić information content (AvgIpc) is 2.91. The Balaban J connectivity index is 1.85. The Morgan fingerprint density at radius 2 is 2.07 bits per heavy atom. The molecule has 1 heterocycles. The Kier molecular flexibility index (Phi) is 5.67. The molecule has 1 fully saturated rings. The Morgan fingerprint density at radius 3 is 2.57 bits per heavy atom. The molecule has 4 heteroatoms. The lowest BCUT2D eigenvalue weighted by atomic mass is 10.1. The number of hydrogen-bond donors (Lipinski definition) is 1. The van der Waals surface area contributed by atoms with Crippen molar-refractivity contribution >= 4 is 24.7 Å². The van der Waals surface area contributed by atoms with Crippen LogP contribution in [0.2, 0.25) is 0 Å². The van der Waals surface area contributed by atoms with Gasteiger partial charge in [0.2, 0.25) is 0 Å². The van der Waals surface area contributed by atoms with E-state index in [-0.39, 0.29) is 5.12 Å². The Morgan fingerprint density at radius 1 is 1.36 bits per heavy atom. The highest BCUT2D eigenvalue weighted by Crippen LogP contribution is 2.48. The van der Waals surface area contributed by atoms with Gasteiger partial charge >= 0.3 is 0 Å². The molecule has 0 aliphatic carbocycles. The van der Waals surface area contributed by atoms with Gasteiger partial charge in [-0.2, -0.15) is 12.6 Å². The van der Waals surface area contributed by atoms with Gasteiger partial charge in [0, 0.05) is 0 Å². The second-order valence-electron chi connectivity index (χ2n) is 4.10. The van der Waals surface area contributed by atoms with Crippen LogP contribution in [0.1, 0.15) is 39.5 Å². The third-order valence-corrected chi connectivity index (χ3v) is 3.64. The number of hydrogen-bond acceptors (Lipinski definition) is 4. The molecular formula is C10H20O2S2. The zero-order chi connectivity index (χ0) is 10.4. The molecule has 1 aliphatic heterocycles. The van der Waals surface area contributed by atoms with Crippen LogP contribution in [-0.2, 0) is 8.92 Å². The second kappa shape index (κ2) is 6.26. The van der Waals surface area contributed by atoms with Gasteiger partial charge < -0.3 is 4.74 Å². The molecule has 1 rings (SSSR count). The average molecular weight is 236 g/mol. The van der Waals surface area contributed by atoms with E-state index in [1.165, 1.54) is 31.3 Å². The van der Waals surface area contributed by atoms with Crippen LogP contribution in [0.25, 0.3) is 0 Å². The van der Waals surface area contributed by atoms with E-state index in [9.17, 15) is 0 Å². The molecular weight excluding hydrogens is 216 g/mol. The standard InChI is InChI=1S/C10H20O2S2/c1-9(2)6-4-3-5-7-11-10(8-13)12-14-10/h9,13H,3-8H2,1-2H3. The largest absolute Gasteiger partial charge is 0.338 e. The first-order chi connectivity index (χ1) is 6.68. The quantitative estimate of drug-likeness (QED) is 0.302. The molecule has 1 aliphatic rings. The number of rotatable bonds is 8. The van der Waals surface area contributed by atoms with Crippen LogP contribution in [0, 0.1) is 5.92 Å². The predicted octanol–water partition coefficient (Wildman–Crippen LogP) is 3.48. The lowest BCUT2D eigenvalue weighted by Crippen LogP contribution is -2.16. The lowest BCUT2D eigenvalue weighted by molar-refractivity contribution is -0.0262. The highest BCUT2D eigenvalue weighted by molar-refractivity contribution is 8.02. The molecule has 0 N–H and O–H groups in total. The minimum atomic E-state index is -0.388. The van der Waals surface area contributed by atoms with Crippen molar-refractivity contribution < 1.29 is 8.92 Å². The van der Waals surface area contributed by atoms with Gasteiger partial charge in [-0.1, -0.05) is 33.1 Å². The van der Waals surface area contributed by atoms with Crippen LogP contribution in [-0.4, -0.2) is 17.5 Å². The summed E-state index contributed by atoms with van der Waals surface area (Å²) in [6, 6.07) is 0. The molecule has 2 nitrogen and oxygen atoms in total. The maximum Gasteiger partial charge on any atom is 0.264 e. The van der Waals surface area contributed by atoms with Crippen molar-refractivity contribution in [2.45, 2.75) is 44.6 Å². The van der Waals surface area contributed by atoms with E-state index in [2.05, 4.69) is 26.5 Å². The summed E-state index contributed by atoms with van der Waals surface area (Å²) in [4.78, 5) is 0. The van der Waals surface area contributed by atoms with Crippen LogP contribution in [0.5, 0.6) is 0 Å². The molecule has 14 heavy (non-hydrogen) atoms. The van der Waals surface area contributed by atoms with Crippen molar-refractivity contribution in [2.75, 3.05) is 12.4 Å². The Labute approximate surface area is 96.7 Å². The zero-order valence-electron chi connectivity index (χ0n) is 8.99. The van der Waals surface area contributed by atoms with Crippen molar-refractivity contribution in [3.05, 3.63) is 0 Å². The van der Waals surface area contributed by atoms with E-state index < -0.39 is 0 Å². The van der Waals surface area contributed by atoms with Crippen LogP contribution < -0.4 is 0 Å². The van der Waals surface area contributed by atoms with Crippen LogP contribution in [0.3, 0.4) is 0 Å². The molecule has 1 saturated heterocycles. The first kappa shape index (κ1) is 12.7. The summed E-state index contributed by atoms with van der Waals surface area (Å²) in [5, 5.41) is -0.388. The van der Waals surface area contributed by atoms with Crippen LogP contribution in [0.4, 0.5) is 0 Å². The van der Waals surface area contributed by atoms with Crippen LogP contribution in [0.15, 0.2) is 0 Å². The van der Waals surface area contributed by atoms with E-state index >= 15 is 0 Å². The van der Waals surface area contributed by atoms with Gasteiger partial charge in [-0.05, 0) is 12.3 Å². The molecule has 0 spiro atoms. The lowest BCUT2D eigenvalue weighted by Gasteiger charge is -2.08. The van der Waals surface area contributed by atoms with Gasteiger partial charge in [0.05, 0.1) is 24.4 Å². The van der Waals surface area contributed by atoms with Crippen molar-refractivity contribution in [3.8, 4) is 0 Å². The second-order valence-corrected chi connectivity index (χ2v) is 5.37. The third-order valence-electron chi connectivity index (χ3n) is 2.21. The smallest absolute Gasteiger partial charge is 0.264 e. The maximum absolute atomic E-state index is 5.56. The summed E-state index contributed by atoms with van der Waals surface area (Å²) in [7, 11) is 0. The maximum atomic E-state index is 5.56. The first-order valence-corrected chi connectivity index (χ1v) is 6.67. The highest BCUT2D eigenvalue weighted by Gasteiger charge is 2.47. The molecule has 1 atom stereocenters. The fraction of sp³-hybridized carbons (Fsp3) is 1.00. The fourth-order valence-electron chi connectivity index (χ4n) is 1.25.